The van der Waals surface area contributed by atoms with Gasteiger partial charge in [0, 0.05) is 29.8 Å². The van der Waals surface area contributed by atoms with Crippen molar-refractivity contribution in [1.82, 2.24) is 4.90 Å². The molecule has 0 spiro atoms. The Balaban J connectivity index is 1.60. The molecular formula is C18H21NOS. The van der Waals surface area contributed by atoms with E-state index >= 15 is 0 Å². The highest BCUT2D eigenvalue weighted by Gasteiger charge is 2.34. The number of rotatable bonds is 4. The maximum atomic E-state index is 12.5. The lowest BCUT2D eigenvalue weighted by molar-refractivity contribution is -0.131. The molecule has 2 unspecified atom stereocenters. The standard InChI is InChI=1S/C18H21NOS/c1-14-17(15-6-3-2-4-7-15)11-12-19(14)18(20)10-9-16-8-5-13-21-16/h2-8,13-14,17H,9-12H2,1H3. The van der Waals surface area contributed by atoms with Crippen molar-refractivity contribution in [3.05, 3.63) is 58.3 Å². The average Bonchev–Trinajstić information content (AvgIpc) is 3.15. The Morgan fingerprint density at radius 2 is 2.05 bits per heavy atom. The molecule has 2 heterocycles. The van der Waals surface area contributed by atoms with Crippen LogP contribution in [0.25, 0.3) is 0 Å². The number of likely N-dealkylation sites (tertiary alicyclic amines) is 1. The van der Waals surface area contributed by atoms with Gasteiger partial charge in [-0.05, 0) is 36.8 Å². The highest BCUT2D eigenvalue weighted by Crippen LogP contribution is 2.33. The van der Waals surface area contributed by atoms with Gasteiger partial charge in [-0.15, -0.1) is 11.3 Å². The van der Waals surface area contributed by atoms with E-state index in [0.29, 0.717) is 24.3 Å². The summed E-state index contributed by atoms with van der Waals surface area (Å²) in [6, 6.07) is 15.1. The van der Waals surface area contributed by atoms with E-state index in [1.165, 1.54) is 10.4 Å². The van der Waals surface area contributed by atoms with Crippen molar-refractivity contribution in [3.63, 3.8) is 0 Å². The minimum atomic E-state index is 0.300. The number of carbonyl (C=O) groups excluding carboxylic acids is 1. The predicted octanol–water partition coefficient (Wildman–Crippen LogP) is 4.09. The lowest BCUT2D eigenvalue weighted by atomic mass is 9.93. The summed E-state index contributed by atoms with van der Waals surface area (Å²) in [7, 11) is 0. The van der Waals surface area contributed by atoms with Crippen LogP contribution in [0.2, 0.25) is 0 Å². The Hall–Kier alpha value is -1.61. The topological polar surface area (TPSA) is 20.3 Å². The van der Waals surface area contributed by atoms with Gasteiger partial charge in [-0.25, -0.2) is 0 Å². The number of hydrogen-bond acceptors (Lipinski definition) is 2. The SMILES string of the molecule is CC1C(c2ccccc2)CCN1C(=O)CCc1cccs1. The van der Waals surface area contributed by atoms with Crippen LogP contribution in [-0.4, -0.2) is 23.4 Å². The Labute approximate surface area is 130 Å². The summed E-state index contributed by atoms with van der Waals surface area (Å²) < 4.78 is 0. The molecule has 0 radical (unpaired) electrons. The Morgan fingerprint density at radius 3 is 2.76 bits per heavy atom. The van der Waals surface area contributed by atoms with Crippen molar-refractivity contribution in [3.8, 4) is 0 Å². The number of amides is 1. The van der Waals surface area contributed by atoms with Crippen LogP contribution in [0.15, 0.2) is 47.8 Å². The summed E-state index contributed by atoms with van der Waals surface area (Å²) in [5.74, 6) is 0.784. The Morgan fingerprint density at radius 1 is 1.24 bits per heavy atom. The normalized spacial score (nSPS) is 21.7. The van der Waals surface area contributed by atoms with Crippen molar-refractivity contribution in [2.24, 2.45) is 0 Å². The van der Waals surface area contributed by atoms with Crippen LogP contribution in [-0.2, 0) is 11.2 Å². The fourth-order valence-corrected chi connectivity index (χ4v) is 3.98. The van der Waals surface area contributed by atoms with Crippen LogP contribution < -0.4 is 0 Å². The lowest BCUT2D eigenvalue weighted by Gasteiger charge is -2.25. The summed E-state index contributed by atoms with van der Waals surface area (Å²) in [6.07, 6.45) is 2.58. The molecule has 1 amide bonds. The van der Waals surface area contributed by atoms with Gasteiger partial charge in [0.05, 0.1) is 0 Å². The molecule has 0 saturated carbocycles. The molecule has 1 saturated heterocycles. The summed E-state index contributed by atoms with van der Waals surface area (Å²) in [6.45, 7) is 3.08. The van der Waals surface area contributed by atoms with E-state index in [4.69, 9.17) is 0 Å². The molecule has 1 aliphatic rings. The smallest absolute Gasteiger partial charge is 0.223 e. The predicted molar refractivity (Wildman–Crippen MR) is 87.6 cm³/mol. The van der Waals surface area contributed by atoms with Crippen LogP contribution in [0.4, 0.5) is 0 Å². The van der Waals surface area contributed by atoms with Gasteiger partial charge < -0.3 is 4.90 Å². The molecule has 0 N–H and O–H groups in total. The molecule has 2 aromatic rings. The summed E-state index contributed by atoms with van der Waals surface area (Å²) >= 11 is 1.73. The first kappa shape index (κ1) is 14.3. The third-order valence-corrected chi connectivity index (χ3v) is 5.40. The highest BCUT2D eigenvalue weighted by molar-refractivity contribution is 7.09. The second-order valence-electron chi connectivity index (χ2n) is 5.71. The van der Waals surface area contributed by atoms with Crippen LogP contribution in [0.5, 0.6) is 0 Å². The maximum absolute atomic E-state index is 12.5. The van der Waals surface area contributed by atoms with Crippen LogP contribution in [0.1, 0.15) is 36.1 Å². The van der Waals surface area contributed by atoms with E-state index in [0.717, 1.165) is 19.4 Å². The molecule has 0 bridgehead atoms. The lowest BCUT2D eigenvalue weighted by Crippen LogP contribution is -2.35. The first-order chi connectivity index (χ1) is 10.3. The fraction of sp³-hybridized carbons (Fsp3) is 0.389. The maximum Gasteiger partial charge on any atom is 0.223 e. The van der Waals surface area contributed by atoms with Crippen LogP contribution in [0.3, 0.4) is 0 Å². The van der Waals surface area contributed by atoms with Crippen molar-refractivity contribution >= 4 is 17.2 Å². The van der Waals surface area contributed by atoms with Crippen LogP contribution >= 0.6 is 11.3 Å². The molecular weight excluding hydrogens is 278 g/mol. The zero-order valence-electron chi connectivity index (χ0n) is 12.4. The molecule has 1 aromatic carbocycles. The summed E-state index contributed by atoms with van der Waals surface area (Å²) in [5.41, 5.74) is 1.36. The van der Waals surface area contributed by atoms with Gasteiger partial charge in [0.2, 0.25) is 5.91 Å². The molecule has 1 aliphatic heterocycles. The molecule has 3 rings (SSSR count). The minimum absolute atomic E-state index is 0.300. The van der Waals surface area contributed by atoms with Gasteiger partial charge >= 0.3 is 0 Å². The van der Waals surface area contributed by atoms with E-state index < -0.39 is 0 Å². The summed E-state index contributed by atoms with van der Waals surface area (Å²) in [5, 5.41) is 2.07. The van der Waals surface area contributed by atoms with Crippen molar-refractivity contribution < 1.29 is 4.79 Å². The van der Waals surface area contributed by atoms with E-state index in [1.807, 2.05) is 12.1 Å². The third kappa shape index (κ3) is 3.18. The van der Waals surface area contributed by atoms with Gasteiger partial charge in [-0.1, -0.05) is 36.4 Å². The van der Waals surface area contributed by atoms with Crippen molar-refractivity contribution in [2.45, 2.75) is 38.1 Å². The molecule has 2 nitrogen and oxygen atoms in total. The molecule has 3 heteroatoms. The zero-order valence-corrected chi connectivity index (χ0v) is 13.2. The first-order valence-electron chi connectivity index (χ1n) is 7.62. The van der Waals surface area contributed by atoms with Crippen molar-refractivity contribution in [1.29, 1.82) is 0 Å². The number of carbonyl (C=O) groups is 1. The van der Waals surface area contributed by atoms with Gasteiger partial charge in [-0.3, -0.25) is 4.79 Å². The molecule has 2 atom stereocenters. The van der Waals surface area contributed by atoms with Crippen LogP contribution in [0, 0.1) is 0 Å². The average molecular weight is 299 g/mol. The number of thiophene rings is 1. The van der Waals surface area contributed by atoms with Gasteiger partial charge in [0.25, 0.3) is 0 Å². The minimum Gasteiger partial charge on any atom is -0.339 e. The van der Waals surface area contributed by atoms with E-state index in [-0.39, 0.29) is 0 Å². The number of benzene rings is 1. The largest absolute Gasteiger partial charge is 0.339 e. The highest BCUT2D eigenvalue weighted by atomic mass is 32.1. The monoisotopic (exact) mass is 299 g/mol. The quantitative estimate of drug-likeness (QED) is 0.833. The van der Waals surface area contributed by atoms with Gasteiger partial charge in [0.1, 0.15) is 0 Å². The number of hydrogen-bond donors (Lipinski definition) is 0. The van der Waals surface area contributed by atoms with E-state index in [1.54, 1.807) is 11.3 Å². The second-order valence-corrected chi connectivity index (χ2v) is 6.75. The number of nitrogens with zero attached hydrogens (tertiary/aromatic N) is 1. The van der Waals surface area contributed by atoms with Gasteiger partial charge in [0.15, 0.2) is 0 Å². The molecule has 1 aromatic heterocycles. The first-order valence-corrected chi connectivity index (χ1v) is 8.50. The Bertz CT molecular complexity index is 579. The fourth-order valence-electron chi connectivity index (χ4n) is 3.27. The van der Waals surface area contributed by atoms with E-state index in [9.17, 15) is 4.79 Å². The molecule has 0 aliphatic carbocycles. The molecule has 21 heavy (non-hydrogen) atoms. The Kier molecular flexibility index (Phi) is 4.39. The van der Waals surface area contributed by atoms with Gasteiger partial charge in [-0.2, -0.15) is 0 Å². The van der Waals surface area contributed by atoms with E-state index in [2.05, 4.69) is 47.5 Å². The third-order valence-electron chi connectivity index (χ3n) is 4.47. The number of aryl methyl sites for hydroxylation is 1. The molecule has 110 valence electrons. The molecule has 1 fully saturated rings. The van der Waals surface area contributed by atoms with Crippen molar-refractivity contribution in [2.75, 3.05) is 6.54 Å². The summed E-state index contributed by atoms with van der Waals surface area (Å²) in [4.78, 5) is 15.8. The second kappa shape index (κ2) is 6.44. The zero-order chi connectivity index (χ0) is 14.7.